The van der Waals surface area contributed by atoms with E-state index in [9.17, 15) is 19.7 Å². The van der Waals surface area contributed by atoms with E-state index in [0.29, 0.717) is 30.0 Å². The van der Waals surface area contributed by atoms with Crippen molar-refractivity contribution in [2.45, 2.75) is 13.3 Å². The molecule has 3 aromatic carbocycles. The van der Waals surface area contributed by atoms with Crippen molar-refractivity contribution in [3.05, 3.63) is 88.0 Å². The van der Waals surface area contributed by atoms with Crippen LogP contribution in [0, 0.1) is 10.1 Å². The van der Waals surface area contributed by atoms with E-state index < -0.39 is 10.8 Å². The van der Waals surface area contributed by atoms with Crippen LogP contribution in [-0.4, -0.2) is 23.3 Å². The summed E-state index contributed by atoms with van der Waals surface area (Å²) in [6.45, 7) is 2.14. The minimum absolute atomic E-state index is 0.0213. The molecule has 4 rings (SSSR count). The lowest BCUT2D eigenvalue weighted by Crippen LogP contribution is -2.25. The second-order valence-electron chi connectivity index (χ2n) is 7.20. The number of hydrogen-bond donors (Lipinski definition) is 2. The molecule has 0 saturated heterocycles. The van der Waals surface area contributed by atoms with Gasteiger partial charge in [-0.25, -0.2) is 0 Å². The van der Waals surface area contributed by atoms with Crippen molar-refractivity contribution in [2.75, 3.05) is 22.1 Å². The Morgan fingerprint density at radius 3 is 2.48 bits per heavy atom. The van der Waals surface area contributed by atoms with Gasteiger partial charge in [-0.05, 0) is 54.4 Å². The number of benzene rings is 3. The normalized spacial score (nSPS) is 12.2. The smallest absolute Gasteiger partial charge is 0.293 e. The Morgan fingerprint density at radius 1 is 1.00 bits per heavy atom. The zero-order valence-electron chi connectivity index (χ0n) is 16.8. The lowest BCUT2D eigenvalue weighted by molar-refractivity contribution is -0.383. The van der Waals surface area contributed by atoms with Crippen molar-refractivity contribution in [3.63, 3.8) is 0 Å². The van der Waals surface area contributed by atoms with Gasteiger partial charge in [0, 0.05) is 42.2 Å². The summed E-state index contributed by atoms with van der Waals surface area (Å²) in [6.07, 6.45) is 0.712. The number of nitrogens with one attached hydrogen (secondary N) is 2. The maximum Gasteiger partial charge on any atom is 0.293 e. The number of rotatable bonds is 5. The summed E-state index contributed by atoms with van der Waals surface area (Å²) in [5.74, 6) is -0.470. The van der Waals surface area contributed by atoms with Gasteiger partial charge in [0.05, 0.1) is 4.92 Å². The zero-order chi connectivity index (χ0) is 22.0. The second-order valence-corrected chi connectivity index (χ2v) is 7.20. The largest absolute Gasteiger partial charge is 0.350 e. The monoisotopic (exact) mass is 416 g/mol. The average Bonchev–Trinajstić information content (AvgIpc) is 3.18. The van der Waals surface area contributed by atoms with E-state index in [-0.39, 0.29) is 17.2 Å². The van der Waals surface area contributed by atoms with Crippen LogP contribution in [0.25, 0.3) is 0 Å². The summed E-state index contributed by atoms with van der Waals surface area (Å²) in [4.78, 5) is 37.1. The van der Waals surface area contributed by atoms with Gasteiger partial charge in [-0.3, -0.25) is 19.7 Å². The van der Waals surface area contributed by atoms with Crippen LogP contribution < -0.4 is 15.5 Å². The molecular formula is C23H20N4O4. The number of nitro benzene ring substituents is 1. The first-order valence-electron chi connectivity index (χ1n) is 9.75. The summed E-state index contributed by atoms with van der Waals surface area (Å²) < 4.78 is 0. The van der Waals surface area contributed by atoms with Gasteiger partial charge in [-0.15, -0.1) is 0 Å². The summed E-state index contributed by atoms with van der Waals surface area (Å²) in [5.41, 5.74) is 3.39. The van der Waals surface area contributed by atoms with Crippen molar-refractivity contribution in [2.24, 2.45) is 0 Å². The van der Waals surface area contributed by atoms with Crippen LogP contribution in [0.15, 0.2) is 66.7 Å². The number of hydrogen-bond acceptors (Lipinski definition) is 5. The molecule has 0 bridgehead atoms. The minimum atomic E-state index is -0.520. The molecule has 156 valence electrons. The summed E-state index contributed by atoms with van der Waals surface area (Å²) in [7, 11) is 0. The predicted octanol–water partition coefficient (Wildman–Crippen LogP) is 4.50. The van der Waals surface area contributed by atoms with Crippen molar-refractivity contribution in [1.29, 1.82) is 0 Å². The highest BCUT2D eigenvalue weighted by molar-refractivity contribution is 6.05. The van der Waals surface area contributed by atoms with Gasteiger partial charge in [-0.1, -0.05) is 18.2 Å². The number of fused-ring (bicyclic) bond motifs is 1. The van der Waals surface area contributed by atoms with Crippen molar-refractivity contribution in [3.8, 4) is 0 Å². The number of carbonyl (C=O) groups is 2. The van der Waals surface area contributed by atoms with E-state index in [4.69, 9.17) is 0 Å². The van der Waals surface area contributed by atoms with Gasteiger partial charge >= 0.3 is 0 Å². The maximum atomic E-state index is 12.7. The Hall–Kier alpha value is -4.20. The van der Waals surface area contributed by atoms with Gasteiger partial charge < -0.3 is 15.5 Å². The molecule has 0 saturated carbocycles. The Balaban J connectivity index is 1.54. The summed E-state index contributed by atoms with van der Waals surface area (Å²) in [5, 5.41) is 17.3. The predicted molar refractivity (Wildman–Crippen MR) is 119 cm³/mol. The molecular weight excluding hydrogens is 396 g/mol. The fourth-order valence-electron chi connectivity index (χ4n) is 3.62. The molecule has 2 N–H and O–H groups in total. The molecule has 0 spiro atoms. The maximum absolute atomic E-state index is 12.7. The van der Waals surface area contributed by atoms with E-state index in [0.717, 1.165) is 11.3 Å². The molecule has 1 aliphatic heterocycles. The molecule has 0 fully saturated rings. The van der Waals surface area contributed by atoms with Crippen LogP contribution in [0.2, 0.25) is 0 Å². The standard InChI is InChI=1S/C23H20N4O4/c1-15(28)26-12-11-16-13-19(8-10-21(16)26)25-23(29)17-7-9-20(22(14-17)27(30)31)24-18-5-3-2-4-6-18/h2-10,13-14,24H,11-12H2,1H3,(H,25,29). The van der Waals surface area contributed by atoms with Crippen LogP contribution in [0.3, 0.4) is 0 Å². The Kier molecular flexibility index (Phi) is 5.36. The lowest BCUT2D eigenvalue weighted by Gasteiger charge is -2.15. The van der Waals surface area contributed by atoms with Crippen LogP contribution in [-0.2, 0) is 11.2 Å². The lowest BCUT2D eigenvalue weighted by atomic mass is 10.1. The number of anilines is 4. The number of nitro groups is 1. The number of amides is 2. The van der Waals surface area contributed by atoms with Crippen LogP contribution >= 0.6 is 0 Å². The highest BCUT2D eigenvalue weighted by atomic mass is 16.6. The Labute approximate surface area is 178 Å². The van der Waals surface area contributed by atoms with E-state index in [1.54, 1.807) is 35.2 Å². The Bertz CT molecular complexity index is 1180. The molecule has 0 unspecified atom stereocenters. The van der Waals surface area contributed by atoms with Gasteiger partial charge in [0.1, 0.15) is 5.69 Å². The second kappa shape index (κ2) is 8.27. The van der Waals surface area contributed by atoms with E-state index >= 15 is 0 Å². The summed E-state index contributed by atoms with van der Waals surface area (Å²) >= 11 is 0. The van der Waals surface area contributed by atoms with Crippen LogP contribution in [0.4, 0.5) is 28.4 Å². The minimum Gasteiger partial charge on any atom is -0.350 e. The number of carbonyl (C=O) groups excluding carboxylic acids is 2. The van der Waals surface area contributed by atoms with E-state index in [1.807, 2.05) is 24.3 Å². The van der Waals surface area contributed by atoms with Gasteiger partial charge in [0.15, 0.2) is 0 Å². The molecule has 8 heteroatoms. The van der Waals surface area contributed by atoms with E-state index in [1.165, 1.54) is 19.1 Å². The third-order valence-electron chi connectivity index (χ3n) is 5.12. The van der Waals surface area contributed by atoms with Crippen molar-refractivity contribution >= 4 is 40.3 Å². The third kappa shape index (κ3) is 4.23. The van der Waals surface area contributed by atoms with Gasteiger partial charge in [0.25, 0.3) is 11.6 Å². The molecule has 31 heavy (non-hydrogen) atoms. The number of para-hydroxylation sites is 1. The molecule has 1 heterocycles. The van der Waals surface area contributed by atoms with Crippen LogP contribution in [0.1, 0.15) is 22.8 Å². The van der Waals surface area contributed by atoms with Gasteiger partial charge in [0.2, 0.25) is 5.91 Å². The summed E-state index contributed by atoms with van der Waals surface area (Å²) in [6, 6.07) is 18.8. The van der Waals surface area contributed by atoms with Crippen molar-refractivity contribution in [1.82, 2.24) is 0 Å². The first-order chi connectivity index (χ1) is 14.9. The third-order valence-corrected chi connectivity index (χ3v) is 5.12. The van der Waals surface area contributed by atoms with Gasteiger partial charge in [-0.2, -0.15) is 0 Å². The topological polar surface area (TPSA) is 105 Å². The molecule has 0 atom stereocenters. The molecule has 1 aliphatic rings. The first-order valence-corrected chi connectivity index (χ1v) is 9.75. The van der Waals surface area contributed by atoms with E-state index in [2.05, 4.69) is 10.6 Å². The molecule has 0 aromatic heterocycles. The molecule has 0 aliphatic carbocycles. The number of nitrogens with zero attached hydrogens (tertiary/aromatic N) is 2. The molecule has 2 amide bonds. The molecule has 0 radical (unpaired) electrons. The highest BCUT2D eigenvalue weighted by Gasteiger charge is 2.23. The SMILES string of the molecule is CC(=O)N1CCc2cc(NC(=O)c3ccc(Nc4ccccc4)c([N+](=O)[O-])c3)ccc21. The Morgan fingerprint density at radius 2 is 1.77 bits per heavy atom. The fraction of sp³-hybridized carbons (Fsp3) is 0.130. The first kappa shape index (κ1) is 20.1. The average molecular weight is 416 g/mol. The fourth-order valence-corrected chi connectivity index (χ4v) is 3.62. The van der Waals surface area contributed by atoms with Crippen LogP contribution in [0.5, 0.6) is 0 Å². The molecule has 8 nitrogen and oxygen atoms in total. The molecule has 3 aromatic rings. The van der Waals surface area contributed by atoms with Crippen molar-refractivity contribution < 1.29 is 14.5 Å². The quantitative estimate of drug-likeness (QED) is 0.471. The zero-order valence-corrected chi connectivity index (χ0v) is 16.8. The highest BCUT2D eigenvalue weighted by Crippen LogP contribution is 2.32.